The van der Waals surface area contributed by atoms with Crippen LogP contribution >= 0.6 is 0 Å². The zero-order valence-electron chi connectivity index (χ0n) is 20.1. The Morgan fingerprint density at radius 2 is 1.56 bits per heavy atom. The maximum Gasteiger partial charge on any atom is 0.327 e. The van der Waals surface area contributed by atoms with Crippen LogP contribution in [0.15, 0.2) is 48.5 Å². The second-order valence-electron chi connectivity index (χ2n) is 9.60. The predicted octanol–water partition coefficient (Wildman–Crippen LogP) is 5.56. The van der Waals surface area contributed by atoms with Crippen LogP contribution in [0.1, 0.15) is 63.6 Å². The van der Waals surface area contributed by atoms with E-state index in [1.54, 1.807) is 12.0 Å². The van der Waals surface area contributed by atoms with E-state index in [9.17, 15) is 9.59 Å². The van der Waals surface area contributed by atoms with Crippen LogP contribution in [-0.4, -0.2) is 41.4 Å². The van der Waals surface area contributed by atoms with Crippen molar-refractivity contribution in [1.29, 1.82) is 0 Å². The lowest BCUT2D eigenvalue weighted by Gasteiger charge is -2.21. The van der Waals surface area contributed by atoms with Crippen LogP contribution in [0.3, 0.4) is 0 Å². The summed E-state index contributed by atoms with van der Waals surface area (Å²) in [5.74, 6) is 0.767. The fourth-order valence-electron chi connectivity index (χ4n) is 4.20. The number of methoxy groups -OCH3 is 1. The molecule has 1 unspecified atom stereocenters. The average Bonchev–Trinajstić information content (AvgIpc) is 2.98. The zero-order chi connectivity index (χ0) is 23.3. The quantitative estimate of drug-likeness (QED) is 0.484. The molecule has 172 valence electrons. The summed E-state index contributed by atoms with van der Waals surface area (Å²) in [6.45, 7) is 9.51. The second kappa shape index (κ2) is 10.2. The van der Waals surface area contributed by atoms with Crippen molar-refractivity contribution in [1.82, 2.24) is 9.80 Å². The second-order valence-corrected chi connectivity index (χ2v) is 9.60. The highest BCUT2D eigenvalue weighted by Crippen LogP contribution is 2.26. The third-order valence-electron chi connectivity index (χ3n) is 6.13. The molecular formula is C27H36N2O3. The van der Waals surface area contributed by atoms with Gasteiger partial charge in [0.2, 0.25) is 0 Å². The van der Waals surface area contributed by atoms with Gasteiger partial charge in [0.25, 0.3) is 5.91 Å². The molecule has 2 aromatic rings. The van der Waals surface area contributed by atoms with Gasteiger partial charge in [0.1, 0.15) is 11.8 Å². The molecule has 3 amide bonds. The molecule has 0 bridgehead atoms. The molecule has 0 spiro atoms. The Bertz CT molecular complexity index is 913. The van der Waals surface area contributed by atoms with Crippen molar-refractivity contribution in [2.24, 2.45) is 0 Å². The summed E-state index contributed by atoms with van der Waals surface area (Å²) in [5.41, 5.74) is 3.50. The topological polar surface area (TPSA) is 49.9 Å². The first-order valence-electron chi connectivity index (χ1n) is 11.6. The van der Waals surface area contributed by atoms with Gasteiger partial charge >= 0.3 is 6.03 Å². The summed E-state index contributed by atoms with van der Waals surface area (Å²) < 4.78 is 5.21. The van der Waals surface area contributed by atoms with Crippen molar-refractivity contribution >= 4 is 11.9 Å². The van der Waals surface area contributed by atoms with Crippen LogP contribution in [0.25, 0.3) is 0 Å². The summed E-state index contributed by atoms with van der Waals surface area (Å²) in [6.07, 6.45) is 3.23. The Labute approximate surface area is 192 Å². The highest BCUT2D eigenvalue weighted by molar-refractivity contribution is 6.04. The van der Waals surface area contributed by atoms with Crippen molar-refractivity contribution in [2.45, 2.75) is 71.4 Å². The number of rotatable bonds is 9. The summed E-state index contributed by atoms with van der Waals surface area (Å²) in [7, 11) is 1.66. The molecule has 1 fully saturated rings. The van der Waals surface area contributed by atoms with Gasteiger partial charge in [-0.05, 0) is 59.9 Å². The van der Waals surface area contributed by atoms with Crippen LogP contribution in [0.5, 0.6) is 5.75 Å². The van der Waals surface area contributed by atoms with Crippen molar-refractivity contribution in [3.63, 3.8) is 0 Å². The molecule has 32 heavy (non-hydrogen) atoms. The van der Waals surface area contributed by atoms with E-state index in [0.717, 1.165) is 30.6 Å². The van der Waals surface area contributed by atoms with Gasteiger partial charge < -0.3 is 9.64 Å². The molecule has 0 aliphatic carbocycles. The number of amides is 3. The van der Waals surface area contributed by atoms with Gasteiger partial charge in [-0.3, -0.25) is 9.69 Å². The van der Waals surface area contributed by atoms with Crippen LogP contribution in [0.4, 0.5) is 4.79 Å². The van der Waals surface area contributed by atoms with Crippen LogP contribution in [0, 0.1) is 0 Å². The molecular weight excluding hydrogens is 400 g/mol. The number of carbonyl (C=O) groups excluding carboxylic acids is 2. The van der Waals surface area contributed by atoms with E-state index >= 15 is 0 Å². The van der Waals surface area contributed by atoms with E-state index in [1.165, 1.54) is 16.0 Å². The zero-order valence-corrected chi connectivity index (χ0v) is 20.1. The Kier molecular flexibility index (Phi) is 7.60. The fourth-order valence-corrected chi connectivity index (χ4v) is 4.20. The minimum absolute atomic E-state index is 0.0712. The molecule has 5 nitrogen and oxygen atoms in total. The van der Waals surface area contributed by atoms with E-state index in [0.29, 0.717) is 19.5 Å². The molecule has 5 heteroatoms. The Morgan fingerprint density at radius 1 is 0.938 bits per heavy atom. The first-order valence-corrected chi connectivity index (χ1v) is 11.6. The van der Waals surface area contributed by atoms with Crippen LogP contribution in [0.2, 0.25) is 0 Å². The van der Waals surface area contributed by atoms with Crippen molar-refractivity contribution in [3.8, 4) is 5.75 Å². The summed E-state index contributed by atoms with van der Waals surface area (Å²) in [4.78, 5) is 29.5. The van der Waals surface area contributed by atoms with Crippen molar-refractivity contribution in [2.75, 3.05) is 13.7 Å². The monoisotopic (exact) mass is 436 g/mol. The number of hydrogen-bond donors (Lipinski definition) is 0. The normalized spacial score (nSPS) is 16.7. The Balaban J connectivity index is 1.65. The maximum absolute atomic E-state index is 13.2. The number of benzene rings is 2. The molecule has 1 aliphatic heterocycles. The third-order valence-corrected chi connectivity index (χ3v) is 6.13. The first-order chi connectivity index (χ1) is 15.2. The minimum Gasteiger partial charge on any atom is -0.497 e. The Morgan fingerprint density at radius 3 is 2.12 bits per heavy atom. The summed E-state index contributed by atoms with van der Waals surface area (Å²) in [6, 6.07) is 15.7. The summed E-state index contributed by atoms with van der Waals surface area (Å²) >= 11 is 0. The van der Waals surface area contributed by atoms with Gasteiger partial charge in [-0.1, -0.05) is 64.1 Å². The molecule has 2 aromatic carbocycles. The van der Waals surface area contributed by atoms with Crippen LogP contribution < -0.4 is 4.74 Å². The largest absolute Gasteiger partial charge is 0.497 e. The fraction of sp³-hybridized carbons (Fsp3) is 0.481. The first kappa shape index (κ1) is 23.8. The van der Waals surface area contributed by atoms with Gasteiger partial charge in [0.15, 0.2) is 0 Å². The lowest BCUT2D eigenvalue weighted by Crippen LogP contribution is -2.35. The highest BCUT2D eigenvalue weighted by atomic mass is 16.5. The molecule has 1 heterocycles. The maximum atomic E-state index is 13.2. The lowest BCUT2D eigenvalue weighted by molar-refractivity contribution is -0.128. The number of imide groups is 1. The summed E-state index contributed by atoms with van der Waals surface area (Å²) in [5, 5.41) is 0. The SMILES string of the molecule is CCCN1C(=O)N(Cc2ccc(C(C)(C)C)cc2)C(=O)C1CCCc1ccc(OC)cc1. The van der Waals surface area contributed by atoms with E-state index in [2.05, 4.69) is 45.0 Å². The van der Waals surface area contributed by atoms with Crippen molar-refractivity contribution < 1.29 is 14.3 Å². The molecule has 1 atom stereocenters. The van der Waals surface area contributed by atoms with Gasteiger partial charge in [0, 0.05) is 6.54 Å². The number of hydrogen-bond acceptors (Lipinski definition) is 3. The van der Waals surface area contributed by atoms with Crippen molar-refractivity contribution in [3.05, 3.63) is 65.2 Å². The molecule has 1 saturated heterocycles. The number of urea groups is 1. The van der Waals surface area contributed by atoms with E-state index in [4.69, 9.17) is 4.74 Å². The van der Waals surface area contributed by atoms with Crippen LogP contribution in [-0.2, 0) is 23.2 Å². The number of aryl methyl sites for hydroxylation is 1. The van der Waals surface area contributed by atoms with Gasteiger partial charge in [0.05, 0.1) is 13.7 Å². The highest BCUT2D eigenvalue weighted by Gasteiger charge is 2.43. The number of carbonyl (C=O) groups is 2. The molecule has 0 saturated carbocycles. The average molecular weight is 437 g/mol. The Hall–Kier alpha value is -2.82. The van der Waals surface area contributed by atoms with E-state index < -0.39 is 0 Å². The van der Waals surface area contributed by atoms with E-state index in [1.807, 2.05) is 31.2 Å². The number of ether oxygens (including phenoxy) is 1. The van der Waals surface area contributed by atoms with E-state index in [-0.39, 0.29) is 23.4 Å². The smallest absolute Gasteiger partial charge is 0.327 e. The minimum atomic E-state index is -0.366. The predicted molar refractivity (Wildman–Crippen MR) is 128 cm³/mol. The molecule has 1 aliphatic rings. The molecule has 3 rings (SSSR count). The standard InChI is InChI=1S/C27H36N2O3/c1-6-18-28-24(9-7-8-20-12-16-23(32-5)17-13-20)25(30)29(26(28)31)19-21-10-14-22(15-11-21)27(2,3)4/h10-17,24H,6-9,18-19H2,1-5H3. The molecule has 0 N–H and O–H groups in total. The lowest BCUT2D eigenvalue weighted by atomic mass is 9.87. The van der Waals surface area contributed by atoms with Gasteiger partial charge in [-0.2, -0.15) is 0 Å². The third kappa shape index (κ3) is 5.50. The van der Waals surface area contributed by atoms with Gasteiger partial charge in [-0.25, -0.2) is 4.79 Å². The number of nitrogens with zero attached hydrogens (tertiary/aromatic N) is 2. The van der Waals surface area contributed by atoms with Gasteiger partial charge in [-0.15, -0.1) is 0 Å². The molecule has 0 aromatic heterocycles. The molecule has 0 radical (unpaired) electrons.